The van der Waals surface area contributed by atoms with Crippen molar-refractivity contribution in [1.29, 1.82) is 0 Å². The van der Waals surface area contributed by atoms with Gasteiger partial charge in [-0.3, -0.25) is 0 Å². The molecule has 0 heterocycles. The molecule has 2 radical (unpaired) electrons. The smallest absolute Gasteiger partial charge is 0.299 e. The normalized spacial score (nSPS) is 10.9. The van der Waals surface area contributed by atoms with Crippen molar-refractivity contribution in [2.75, 3.05) is 20.8 Å². The molecule has 0 saturated heterocycles. The molecule has 0 bridgehead atoms. The summed E-state index contributed by atoms with van der Waals surface area (Å²) in [6, 6.07) is 0. The van der Waals surface area contributed by atoms with Crippen LogP contribution < -0.4 is 0 Å². The van der Waals surface area contributed by atoms with Gasteiger partial charge in [0.15, 0.2) is 5.91 Å². The van der Waals surface area contributed by atoms with Gasteiger partial charge in [-0.1, -0.05) is 13.3 Å². The van der Waals surface area contributed by atoms with Gasteiger partial charge in [0.05, 0.1) is 0 Å². The average Bonchev–Trinajstić information content (AvgIpc) is 2.05. The summed E-state index contributed by atoms with van der Waals surface area (Å²) in [6.45, 7) is 2.94. The summed E-state index contributed by atoms with van der Waals surface area (Å²) in [4.78, 5) is 0. The minimum Gasteiger partial charge on any atom is -0.412 e. The maximum absolute atomic E-state index is 5.30. The van der Waals surface area contributed by atoms with E-state index in [0.29, 0.717) is 0 Å². The van der Waals surface area contributed by atoms with Crippen molar-refractivity contribution in [3.05, 3.63) is 0 Å². The van der Waals surface area contributed by atoms with Gasteiger partial charge in [0.1, 0.15) is 0 Å². The fourth-order valence-corrected chi connectivity index (χ4v) is 1.13. The van der Waals surface area contributed by atoms with Crippen LogP contribution in [-0.4, -0.2) is 36.5 Å². The minimum absolute atomic E-state index is 0.188. The number of unbranched alkanes of at least 4 members (excludes halogenated alkanes) is 1. The van der Waals surface area contributed by atoms with Crippen LogP contribution in [0.5, 0.6) is 0 Å². The van der Waals surface area contributed by atoms with E-state index >= 15 is 0 Å². The molecular formula is C7H16O3Si. The van der Waals surface area contributed by atoms with Crippen molar-refractivity contribution in [2.45, 2.75) is 25.7 Å². The lowest BCUT2D eigenvalue weighted by Gasteiger charge is -2.10. The lowest BCUT2D eigenvalue weighted by atomic mass is 10.4. The number of methoxy groups -OCH3 is 2. The highest BCUT2D eigenvalue weighted by molar-refractivity contribution is 6.28. The van der Waals surface area contributed by atoms with Crippen LogP contribution in [0, 0.1) is 0 Å². The summed E-state index contributed by atoms with van der Waals surface area (Å²) in [5.74, 6) is -0.188. The van der Waals surface area contributed by atoms with Crippen LogP contribution in [0.1, 0.15) is 19.8 Å². The quantitative estimate of drug-likeness (QED) is 0.329. The van der Waals surface area contributed by atoms with E-state index in [1.807, 2.05) is 0 Å². The molecule has 0 aliphatic carbocycles. The molecule has 0 amide bonds. The van der Waals surface area contributed by atoms with Gasteiger partial charge in [-0.15, -0.1) is 0 Å². The van der Waals surface area contributed by atoms with Crippen LogP contribution in [0.3, 0.4) is 0 Å². The molecule has 0 aliphatic heterocycles. The van der Waals surface area contributed by atoms with Crippen molar-refractivity contribution in [3.63, 3.8) is 0 Å². The Bertz CT molecular complexity index is 76.1. The Morgan fingerprint density at radius 1 is 1.27 bits per heavy atom. The maximum Gasteiger partial charge on any atom is 0.299 e. The summed E-state index contributed by atoms with van der Waals surface area (Å²) >= 11 is 0. The zero-order valence-electron chi connectivity index (χ0n) is 7.42. The molecule has 0 aromatic carbocycles. The van der Waals surface area contributed by atoms with Gasteiger partial charge in [0.25, 0.3) is 9.76 Å². The zero-order valence-corrected chi connectivity index (χ0v) is 8.42. The third-order valence-electron chi connectivity index (χ3n) is 1.21. The monoisotopic (exact) mass is 176 g/mol. The topological polar surface area (TPSA) is 27.7 Å². The van der Waals surface area contributed by atoms with Crippen LogP contribution >= 0.6 is 0 Å². The number of rotatable bonds is 7. The van der Waals surface area contributed by atoms with Crippen LogP contribution in [0.25, 0.3) is 0 Å². The van der Waals surface area contributed by atoms with Gasteiger partial charge >= 0.3 is 0 Å². The molecule has 11 heavy (non-hydrogen) atoms. The Labute approximate surface area is 71.0 Å². The van der Waals surface area contributed by atoms with E-state index in [2.05, 4.69) is 6.92 Å². The van der Waals surface area contributed by atoms with Crippen molar-refractivity contribution in [1.82, 2.24) is 0 Å². The molecule has 3 nitrogen and oxygen atoms in total. The van der Waals surface area contributed by atoms with Crippen LogP contribution in [0.15, 0.2) is 0 Å². The van der Waals surface area contributed by atoms with Gasteiger partial charge in [-0.05, 0) is 6.42 Å². The Balaban J connectivity index is 3.07. The Morgan fingerprint density at radius 2 is 1.91 bits per heavy atom. The second kappa shape index (κ2) is 8.20. The van der Waals surface area contributed by atoms with E-state index < -0.39 is 0 Å². The Kier molecular flexibility index (Phi) is 8.27. The fourth-order valence-electron chi connectivity index (χ4n) is 0.536. The first-order chi connectivity index (χ1) is 5.35. The highest BCUT2D eigenvalue weighted by atomic mass is 28.2. The van der Waals surface area contributed by atoms with E-state index in [1.54, 1.807) is 14.2 Å². The molecule has 4 heteroatoms. The second-order valence-corrected chi connectivity index (χ2v) is 3.12. The number of hydrogen-bond donors (Lipinski definition) is 0. The highest BCUT2D eigenvalue weighted by Crippen LogP contribution is 1.91. The lowest BCUT2D eigenvalue weighted by Crippen LogP contribution is -2.24. The molecule has 66 valence electrons. The van der Waals surface area contributed by atoms with Gasteiger partial charge in [-0.2, -0.15) is 0 Å². The summed E-state index contributed by atoms with van der Waals surface area (Å²) < 4.78 is 15.2. The molecule has 0 N–H and O–H groups in total. The second-order valence-electron chi connectivity index (χ2n) is 2.12. The lowest BCUT2D eigenvalue weighted by molar-refractivity contribution is -0.0527. The molecule has 0 atom stereocenters. The molecule has 0 fully saturated rings. The molecular weight excluding hydrogens is 160 g/mol. The largest absolute Gasteiger partial charge is 0.412 e. The SMILES string of the molecule is CCCCO[Si]C(OC)OC. The van der Waals surface area contributed by atoms with Crippen molar-refractivity contribution < 1.29 is 13.9 Å². The van der Waals surface area contributed by atoms with Crippen molar-refractivity contribution in [3.8, 4) is 0 Å². The van der Waals surface area contributed by atoms with Crippen molar-refractivity contribution >= 4 is 9.76 Å². The maximum atomic E-state index is 5.30. The van der Waals surface area contributed by atoms with Gasteiger partial charge < -0.3 is 13.9 Å². The first-order valence-corrected chi connectivity index (χ1v) is 4.76. The van der Waals surface area contributed by atoms with E-state index in [-0.39, 0.29) is 15.7 Å². The van der Waals surface area contributed by atoms with E-state index in [9.17, 15) is 0 Å². The van der Waals surface area contributed by atoms with E-state index in [0.717, 1.165) is 19.4 Å². The van der Waals surface area contributed by atoms with Gasteiger partial charge in [0, 0.05) is 20.8 Å². The average molecular weight is 176 g/mol. The van der Waals surface area contributed by atoms with Crippen LogP contribution in [-0.2, 0) is 13.9 Å². The predicted octanol–water partition coefficient (Wildman–Crippen LogP) is 0.999. The molecule has 0 saturated carbocycles. The fraction of sp³-hybridized carbons (Fsp3) is 1.00. The third-order valence-corrected chi connectivity index (χ3v) is 2.24. The molecule has 0 unspecified atom stereocenters. The molecule has 0 spiro atoms. The Hall–Kier alpha value is 0.0969. The van der Waals surface area contributed by atoms with Crippen LogP contribution in [0.2, 0.25) is 0 Å². The zero-order chi connectivity index (χ0) is 8.53. The number of ether oxygens (including phenoxy) is 2. The highest BCUT2D eigenvalue weighted by Gasteiger charge is 2.06. The van der Waals surface area contributed by atoms with Crippen molar-refractivity contribution in [2.24, 2.45) is 0 Å². The molecule has 0 rings (SSSR count). The van der Waals surface area contributed by atoms with E-state index in [1.165, 1.54) is 0 Å². The standard InChI is InChI=1S/C7H16O3Si/c1-4-5-6-10-11-7(8-2)9-3/h7H,4-6H2,1-3H3. The summed E-state index contributed by atoms with van der Waals surface area (Å²) in [6.07, 6.45) is 2.27. The van der Waals surface area contributed by atoms with Crippen LogP contribution in [0.4, 0.5) is 0 Å². The molecule has 0 aromatic heterocycles. The third kappa shape index (κ3) is 6.49. The van der Waals surface area contributed by atoms with Gasteiger partial charge in [-0.25, -0.2) is 0 Å². The summed E-state index contributed by atoms with van der Waals surface area (Å²) in [5, 5.41) is 0. The minimum atomic E-state index is -0.188. The first kappa shape index (κ1) is 11.1. The van der Waals surface area contributed by atoms with E-state index in [4.69, 9.17) is 13.9 Å². The predicted molar refractivity (Wildman–Crippen MR) is 44.4 cm³/mol. The number of hydrogen-bond acceptors (Lipinski definition) is 3. The Morgan fingerprint density at radius 3 is 2.36 bits per heavy atom. The van der Waals surface area contributed by atoms with Gasteiger partial charge in [0.2, 0.25) is 0 Å². The molecule has 0 aromatic rings. The molecule has 0 aliphatic rings. The summed E-state index contributed by atoms with van der Waals surface area (Å²) in [7, 11) is 3.52. The first-order valence-electron chi connectivity index (χ1n) is 3.78. The summed E-state index contributed by atoms with van der Waals surface area (Å²) in [5.41, 5.74) is 0.